The molecule has 0 aliphatic carbocycles. The number of esters is 1. The largest absolute Gasteiger partial charge is 0.463 e. The van der Waals surface area contributed by atoms with Crippen LogP contribution < -0.4 is 0 Å². The molecule has 0 amide bonds. The number of rotatable bonds is 5. The Morgan fingerprint density at radius 2 is 2.40 bits per heavy atom. The molecule has 0 saturated heterocycles. The molecule has 0 bridgehead atoms. The average molecular weight is 208 g/mol. The Kier molecular flexibility index (Phi) is 4.60. The zero-order valence-corrected chi connectivity index (χ0v) is 9.14. The van der Waals surface area contributed by atoms with E-state index in [0.29, 0.717) is 6.61 Å². The highest BCUT2D eigenvalue weighted by molar-refractivity contribution is 5.86. The fourth-order valence-electron chi connectivity index (χ4n) is 1.19. The highest BCUT2D eigenvalue weighted by Gasteiger charge is 1.96. The van der Waals surface area contributed by atoms with E-state index < -0.39 is 0 Å². The van der Waals surface area contributed by atoms with E-state index in [2.05, 4.69) is 11.9 Å². The van der Waals surface area contributed by atoms with Gasteiger partial charge in [0.25, 0.3) is 0 Å². The standard InChI is InChI=1S/C11H16N2O2/c1-3-7-13-8-10(12-9-13)5-6-11(14)15-4-2/h5-6,8-9H,3-4,7H2,1-2H3. The zero-order valence-electron chi connectivity index (χ0n) is 9.14. The van der Waals surface area contributed by atoms with E-state index >= 15 is 0 Å². The second-order valence-corrected chi connectivity index (χ2v) is 3.12. The van der Waals surface area contributed by atoms with Crippen LogP contribution in [0.2, 0.25) is 0 Å². The lowest BCUT2D eigenvalue weighted by molar-refractivity contribution is -0.137. The minimum atomic E-state index is -0.331. The molecule has 4 heteroatoms. The smallest absolute Gasteiger partial charge is 0.330 e. The van der Waals surface area contributed by atoms with Crippen LogP contribution in [0.3, 0.4) is 0 Å². The van der Waals surface area contributed by atoms with Crippen molar-refractivity contribution in [3.8, 4) is 0 Å². The molecule has 15 heavy (non-hydrogen) atoms. The highest BCUT2D eigenvalue weighted by atomic mass is 16.5. The van der Waals surface area contributed by atoms with Gasteiger partial charge in [-0.25, -0.2) is 9.78 Å². The van der Waals surface area contributed by atoms with Gasteiger partial charge in [-0.3, -0.25) is 0 Å². The molecule has 0 unspecified atom stereocenters. The van der Waals surface area contributed by atoms with Gasteiger partial charge >= 0.3 is 5.97 Å². The van der Waals surface area contributed by atoms with Gasteiger partial charge in [0, 0.05) is 18.8 Å². The first-order chi connectivity index (χ1) is 7.26. The quantitative estimate of drug-likeness (QED) is 0.548. The van der Waals surface area contributed by atoms with Crippen molar-refractivity contribution in [3.63, 3.8) is 0 Å². The number of carbonyl (C=O) groups is 1. The lowest BCUT2D eigenvalue weighted by Crippen LogP contribution is -1.98. The van der Waals surface area contributed by atoms with Crippen molar-refractivity contribution in [2.45, 2.75) is 26.8 Å². The van der Waals surface area contributed by atoms with E-state index in [1.165, 1.54) is 6.08 Å². The Bertz CT molecular complexity index is 342. The van der Waals surface area contributed by atoms with Crippen LogP contribution in [-0.4, -0.2) is 22.1 Å². The van der Waals surface area contributed by atoms with Crippen molar-refractivity contribution >= 4 is 12.0 Å². The molecule has 0 aliphatic rings. The van der Waals surface area contributed by atoms with E-state index in [4.69, 9.17) is 4.74 Å². The van der Waals surface area contributed by atoms with Gasteiger partial charge in [-0.2, -0.15) is 0 Å². The monoisotopic (exact) mass is 208 g/mol. The summed E-state index contributed by atoms with van der Waals surface area (Å²) < 4.78 is 6.75. The molecule has 0 aromatic carbocycles. The Labute approximate surface area is 89.6 Å². The van der Waals surface area contributed by atoms with Gasteiger partial charge in [0.15, 0.2) is 0 Å². The lowest BCUT2D eigenvalue weighted by Gasteiger charge is -1.94. The van der Waals surface area contributed by atoms with Crippen LogP contribution in [-0.2, 0) is 16.1 Å². The molecular weight excluding hydrogens is 192 g/mol. The molecule has 1 rings (SSSR count). The molecule has 1 aromatic heterocycles. The molecule has 0 N–H and O–H groups in total. The summed E-state index contributed by atoms with van der Waals surface area (Å²) in [6.45, 7) is 5.23. The Morgan fingerprint density at radius 3 is 3.07 bits per heavy atom. The van der Waals surface area contributed by atoms with Crippen molar-refractivity contribution in [2.75, 3.05) is 6.61 Å². The van der Waals surface area contributed by atoms with E-state index in [1.54, 1.807) is 19.3 Å². The van der Waals surface area contributed by atoms with Crippen LogP contribution in [0.5, 0.6) is 0 Å². The summed E-state index contributed by atoms with van der Waals surface area (Å²) >= 11 is 0. The maximum Gasteiger partial charge on any atom is 0.330 e. The van der Waals surface area contributed by atoms with E-state index in [1.807, 2.05) is 10.8 Å². The molecule has 0 spiro atoms. The fraction of sp³-hybridized carbons (Fsp3) is 0.455. The molecule has 82 valence electrons. The van der Waals surface area contributed by atoms with Gasteiger partial charge in [0.2, 0.25) is 0 Å². The molecule has 1 heterocycles. The van der Waals surface area contributed by atoms with E-state index in [-0.39, 0.29) is 5.97 Å². The second-order valence-electron chi connectivity index (χ2n) is 3.12. The van der Waals surface area contributed by atoms with Crippen molar-refractivity contribution in [1.29, 1.82) is 0 Å². The first kappa shape index (κ1) is 11.5. The van der Waals surface area contributed by atoms with Gasteiger partial charge in [0.1, 0.15) is 0 Å². The lowest BCUT2D eigenvalue weighted by atomic mass is 10.4. The first-order valence-electron chi connectivity index (χ1n) is 5.12. The summed E-state index contributed by atoms with van der Waals surface area (Å²) in [5.74, 6) is -0.331. The third-order valence-electron chi connectivity index (χ3n) is 1.81. The number of imidazole rings is 1. The van der Waals surface area contributed by atoms with Crippen LogP contribution in [0.25, 0.3) is 6.08 Å². The molecular formula is C11H16N2O2. The van der Waals surface area contributed by atoms with Crippen molar-refractivity contribution in [2.24, 2.45) is 0 Å². The molecule has 4 nitrogen and oxygen atoms in total. The first-order valence-corrected chi connectivity index (χ1v) is 5.12. The number of ether oxygens (including phenoxy) is 1. The van der Waals surface area contributed by atoms with Gasteiger partial charge in [-0.05, 0) is 19.4 Å². The Balaban J connectivity index is 2.52. The van der Waals surface area contributed by atoms with Gasteiger partial charge in [-0.1, -0.05) is 6.92 Å². The van der Waals surface area contributed by atoms with Crippen LogP contribution in [0, 0.1) is 0 Å². The van der Waals surface area contributed by atoms with Crippen molar-refractivity contribution in [3.05, 3.63) is 24.3 Å². The molecule has 0 aliphatic heterocycles. The number of aryl methyl sites for hydroxylation is 1. The third kappa shape index (κ3) is 3.97. The fourth-order valence-corrected chi connectivity index (χ4v) is 1.19. The maximum atomic E-state index is 11.0. The number of aromatic nitrogens is 2. The van der Waals surface area contributed by atoms with Crippen molar-refractivity contribution < 1.29 is 9.53 Å². The molecule has 0 atom stereocenters. The number of nitrogens with zero attached hydrogens (tertiary/aromatic N) is 2. The van der Waals surface area contributed by atoms with Crippen LogP contribution in [0.4, 0.5) is 0 Å². The molecule has 0 saturated carbocycles. The molecule has 1 aromatic rings. The summed E-state index contributed by atoms with van der Waals surface area (Å²) in [6.07, 6.45) is 7.78. The SMILES string of the molecule is CCCn1cnc(C=CC(=O)OCC)c1. The van der Waals surface area contributed by atoms with Gasteiger partial charge < -0.3 is 9.30 Å². The summed E-state index contributed by atoms with van der Waals surface area (Å²) in [6, 6.07) is 0. The van der Waals surface area contributed by atoms with Gasteiger partial charge in [0.05, 0.1) is 18.6 Å². The summed E-state index contributed by atoms with van der Waals surface area (Å²) in [5.41, 5.74) is 0.775. The minimum Gasteiger partial charge on any atom is -0.463 e. The summed E-state index contributed by atoms with van der Waals surface area (Å²) in [4.78, 5) is 15.1. The Morgan fingerprint density at radius 1 is 1.60 bits per heavy atom. The predicted molar refractivity (Wildman–Crippen MR) is 58.2 cm³/mol. The second kappa shape index (κ2) is 6.01. The average Bonchev–Trinajstić information content (AvgIpc) is 2.64. The summed E-state index contributed by atoms with van der Waals surface area (Å²) in [5, 5.41) is 0. The predicted octanol–water partition coefficient (Wildman–Crippen LogP) is 1.87. The number of hydrogen-bond acceptors (Lipinski definition) is 3. The maximum absolute atomic E-state index is 11.0. The minimum absolute atomic E-state index is 0.331. The van der Waals surface area contributed by atoms with Gasteiger partial charge in [-0.15, -0.1) is 0 Å². The van der Waals surface area contributed by atoms with Crippen molar-refractivity contribution in [1.82, 2.24) is 9.55 Å². The van der Waals surface area contributed by atoms with E-state index in [0.717, 1.165) is 18.7 Å². The molecule has 0 radical (unpaired) electrons. The van der Waals surface area contributed by atoms with E-state index in [9.17, 15) is 4.79 Å². The number of hydrogen-bond donors (Lipinski definition) is 0. The normalized spacial score (nSPS) is 10.8. The van der Waals surface area contributed by atoms with Crippen LogP contribution >= 0.6 is 0 Å². The molecule has 0 fully saturated rings. The third-order valence-corrected chi connectivity index (χ3v) is 1.81. The summed E-state index contributed by atoms with van der Waals surface area (Å²) in [7, 11) is 0. The number of carbonyl (C=O) groups excluding carboxylic acids is 1. The Hall–Kier alpha value is -1.58. The highest BCUT2D eigenvalue weighted by Crippen LogP contribution is 2.00. The zero-order chi connectivity index (χ0) is 11.1. The van der Waals surface area contributed by atoms with Crippen LogP contribution in [0.1, 0.15) is 26.0 Å². The van der Waals surface area contributed by atoms with Crippen LogP contribution in [0.15, 0.2) is 18.6 Å². The topological polar surface area (TPSA) is 44.1 Å².